The van der Waals surface area contributed by atoms with Gasteiger partial charge in [-0.2, -0.15) is 9.30 Å². The molecule has 1 aliphatic rings. The van der Waals surface area contributed by atoms with E-state index in [1.807, 2.05) is 22.8 Å². The number of nitrogens with zero attached hydrogens (tertiary/aromatic N) is 4. The van der Waals surface area contributed by atoms with Gasteiger partial charge in [-0.3, -0.25) is 4.79 Å². The topological polar surface area (TPSA) is 101 Å². The van der Waals surface area contributed by atoms with Crippen molar-refractivity contribution < 1.29 is 22.7 Å². The Kier molecular flexibility index (Phi) is 8.28. The number of rotatable bonds is 6. The van der Waals surface area contributed by atoms with Gasteiger partial charge in [0.2, 0.25) is 10.0 Å². The molecule has 0 saturated carbocycles. The number of aromatic nitrogens is 1. The standard InChI is InChI=1S/C24H27BrN4O5S2/c1-3-11-29-20-10-7-18(25)16-21(20)35-23(29)26-22(30)17-5-8-19(9-6-17)36(32,33)28-14-12-27(13-15-28)24(31)34-4-2/h5-10,16H,3-4,11-15H2,1-2H3. The number of hydrogen-bond acceptors (Lipinski definition) is 6. The fourth-order valence-corrected chi connectivity index (χ4v) is 7.00. The number of hydrogen-bond donors (Lipinski definition) is 0. The van der Waals surface area contributed by atoms with Gasteiger partial charge in [-0.25, -0.2) is 13.2 Å². The number of ether oxygens (including phenoxy) is 1. The number of thiazole rings is 1. The predicted octanol–water partition coefficient (Wildman–Crippen LogP) is 4.08. The van der Waals surface area contributed by atoms with Crippen molar-refractivity contribution in [3.05, 3.63) is 57.3 Å². The van der Waals surface area contributed by atoms with E-state index in [2.05, 4.69) is 27.8 Å². The van der Waals surface area contributed by atoms with E-state index >= 15 is 0 Å². The normalized spacial score (nSPS) is 15.4. The van der Waals surface area contributed by atoms with E-state index in [-0.39, 0.29) is 37.7 Å². The third kappa shape index (κ3) is 5.56. The molecule has 1 aliphatic heterocycles. The monoisotopic (exact) mass is 594 g/mol. The third-order valence-corrected chi connectivity index (χ3v) is 9.24. The molecular formula is C24H27BrN4O5S2. The molecule has 2 heterocycles. The van der Waals surface area contributed by atoms with E-state index in [1.54, 1.807) is 6.92 Å². The molecule has 2 aromatic carbocycles. The number of benzene rings is 2. The van der Waals surface area contributed by atoms with Crippen molar-refractivity contribution in [1.29, 1.82) is 0 Å². The maximum atomic E-state index is 13.1. The summed E-state index contributed by atoms with van der Waals surface area (Å²) in [6.07, 6.45) is 0.455. The van der Waals surface area contributed by atoms with Crippen molar-refractivity contribution in [2.75, 3.05) is 32.8 Å². The van der Waals surface area contributed by atoms with Crippen LogP contribution in [0.1, 0.15) is 30.6 Å². The molecule has 2 amide bonds. The number of carbonyl (C=O) groups is 2. The minimum atomic E-state index is -3.75. The molecular weight excluding hydrogens is 568 g/mol. The Hall–Kier alpha value is -2.54. The molecule has 0 bridgehead atoms. The highest BCUT2D eigenvalue weighted by Gasteiger charge is 2.30. The van der Waals surface area contributed by atoms with Gasteiger partial charge >= 0.3 is 6.09 Å². The SMILES string of the molecule is CCCn1c(=NC(=O)c2ccc(S(=O)(=O)N3CCN(C(=O)OCC)CC3)cc2)sc2cc(Br)ccc21. The van der Waals surface area contributed by atoms with Gasteiger partial charge in [-0.1, -0.05) is 34.2 Å². The molecule has 0 atom stereocenters. The number of aryl methyl sites for hydroxylation is 1. The van der Waals surface area contributed by atoms with Crippen LogP contribution in [0.5, 0.6) is 0 Å². The molecule has 36 heavy (non-hydrogen) atoms. The molecule has 0 unspecified atom stereocenters. The van der Waals surface area contributed by atoms with Crippen LogP contribution in [-0.4, -0.2) is 67.0 Å². The van der Waals surface area contributed by atoms with E-state index in [4.69, 9.17) is 4.74 Å². The van der Waals surface area contributed by atoms with Gasteiger partial charge in [0.05, 0.1) is 21.7 Å². The maximum absolute atomic E-state index is 13.1. The average molecular weight is 596 g/mol. The van der Waals surface area contributed by atoms with Crippen LogP contribution in [0.15, 0.2) is 56.8 Å². The van der Waals surface area contributed by atoms with Crippen LogP contribution in [0.4, 0.5) is 4.79 Å². The van der Waals surface area contributed by atoms with Gasteiger partial charge in [-0.15, -0.1) is 0 Å². The smallest absolute Gasteiger partial charge is 0.409 e. The van der Waals surface area contributed by atoms with Crippen molar-refractivity contribution in [3.63, 3.8) is 0 Å². The highest BCUT2D eigenvalue weighted by molar-refractivity contribution is 9.10. The second-order valence-electron chi connectivity index (χ2n) is 8.18. The van der Waals surface area contributed by atoms with Gasteiger partial charge in [0.1, 0.15) is 0 Å². The zero-order valence-electron chi connectivity index (χ0n) is 20.0. The molecule has 12 heteroatoms. The third-order valence-electron chi connectivity index (χ3n) is 5.79. The van der Waals surface area contributed by atoms with Crippen LogP contribution >= 0.6 is 27.3 Å². The second kappa shape index (κ2) is 11.2. The molecule has 0 spiro atoms. The first kappa shape index (κ1) is 26.5. The van der Waals surface area contributed by atoms with Gasteiger partial charge in [-0.05, 0) is 55.8 Å². The summed E-state index contributed by atoms with van der Waals surface area (Å²) < 4.78 is 36.5. The lowest BCUT2D eigenvalue weighted by atomic mass is 10.2. The first-order valence-electron chi connectivity index (χ1n) is 11.6. The predicted molar refractivity (Wildman–Crippen MR) is 141 cm³/mol. The van der Waals surface area contributed by atoms with E-state index in [0.717, 1.165) is 27.7 Å². The Morgan fingerprint density at radius 2 is 1.75 bits per heavy atom. The van der Waals surface area contributed by atoms with E-state index in [9.17, 15) is 18.0 Å². The summed E-state index contributed by atoms with van der Waals surface area (Å²) in [4.78, 5) is 31.4. The summed E-state index contributed by atoms with van der Waals surface area (Å²) in [7, 11) is -3.75. The lowest BCUT2D eigenvalue weighted by Crippen LogP contribution is -2.50. The van der Waals surface area contributed by atoms with Crippen molar-refractivity contribution in [1.82, 2.24) is 13.8 Å². The second-order valence-corrected chi connectivity index (χ2v) is 12.0. The summed E-state index contributed by atoms with van der Waals surface area (Å²) in [6.45, 7) is 5.67. The van der Waals surface area contributed by atoms with Crippen molar-refractivity contribution in [2.45, 2.75) is 31.7 Å². The molecule has 1 fully saturated rings. The number of amides is 2. The lowest BCUT2D eigenvalue weighted by molar-refractivity contribution is 0.0933. The summed E-state index contributed by atoms with van der Waals surface area (Å²) in [5.41, 5.74) is 1.32. The van der Waals surface area contributed by atoms with Crippen molar-refractivity contribution in [2.24, 2.45) is 4.99 Å². The van der Waals surface area contributed by atoms with E-state index < -0.39 is 22.0 Å². The molecule has 0 radical (unpaired) electrons. The van der Waals surface area contributed by atoms with Crippen molar-refractivity contribution in [3.8, 4) is 0 Å². The summed E-state index contributed by atoms with van der Waals surface area (Å²) >= 11 is 4.92. The molecule has 1 saturated heterocycles. The van der Waals surface area contributed by atoms with Gasteiger partial charge in [0.15, 0.2) is 4.80 Å². The summed E-state index contributed by atoms with van der Waals surface area (Å²) in [5.74, 6) is -0.433. The Balaban J connectivity index is 1.53. The number of sulfonamides is 1. The first-order valence-corrected chi connectivity index (χ1v) is 14.7. The summed E-state index contributed by atoms with van der Waals surface area (Å²) in [6, 6.07) is 11.8. The molecule has 3 aromatic rings. The van der Waals surface area contributed by atoms with Crippen LogP contribution in [0.2, 0.25) is 0 Å². The average Bonchev–Trinajstić information content (AvgIpc) is 3.20. The van der Waals surface area contributed by atoms with E-state index in [0.29, 0.717) is 10.4 Å². The zero-order valence-corrected chi connectivity index (χ0v) is 23.2. The highest BCUT2D eigenvalue weighted by Crippen LogP contribution is 2.23. The Bertz CT molecular complexity index is 1440. The van der Waals surface area contributed by atoms with Crippen LogP contribution in [0.25, 0.3) is 10.2 Å². The summed E-state index contributed by atoms with van der Waals surface area (Å²) in [5, 5.41) is 0. The van der Waals surface area contributed by atoms with Crippen LogP contribution in [0, 0.1) is 0 Å². The minimum absolute atomic E-state index is 0.0939. The Morgan fingerprint density at radius 3 is 2.39 bits per heavy atom. The van der Waals surface area contributed by atoms with Crippen LogP contribution < -0.4 is 4.80 Å². The van der Waals surface area contributed by atoms with Crippen LogP contribution in [-0.2, 0) is 21.3 Å². The molecule has 1 aromatic heterocycles. The Labute approximate surface area is 222 Å². The zero-order chi connectivity index (χ0) is 25.9. The van der Waals surface area contributed by atoms with Crippen molar-refractivity contribution >= 4 is 59.5 Å². The Morgan fingerprint density at radius 1 is 1.06 bits per heavy atom. The molecule has 9 nitrogen and oxygen atoms in total. The molecule has 0 aliphatic carbocycles. The fourth-order valence-electron chi connectivity index (χ4n) is 3.97. The fraction of sp³-hybridized carbons (Fsp3) is 0.375. The number of halogens is 1. The quantitative estimate of drug-likeness (QED) is 0.428. The van der Waals surface area contributed by atoms with Crippen LogP contribution in [0.3, 0.4) is 0 Å². The molecule has 192 valence electrons. The minimum Gasteiger partial charge on any atom is -0.450 e. The lowest BCUT2D eigenvalue weighted by Gasteiger charge is -2.33. The highest BCUT2D eigenvalue weighted by atomic mass is 79.9. The number of piperazine rings is 1. The van der Waals surface area contributed by atoms with Gasteiger partial charge < -0.3 is 14.2 Å². The number of carbonyl (C=O) groups excluding carboxylic acids is 2. The largest absolute Gasteiger partial charge is 0.450 e. The maximum Gasteiger partial charge on any atom is 0.409 e. The van der Waals surface area contributed by atoms with Gasteiger partial charge in [0.25, 0.3) is 5.91 Å². The first-order chi connectivity index (χ1) is 17.2. The molecule has 4 rings (SSSR count). The number of fused-ring (bicyclic) bond motifs is 1. The van der Waals surface area contributed by atoms with E-state index in [1.165, 1.54) is 44.8 Å². The molecule has 0 N–H and O–H groups in total. The van der Waals surface area contributed by atoms with Gasteiger partial charge in [0, 0.05) is 42.8 Å².